The minimum Gasteiger partial charge on any atom is -0.457 e. The van der Waals surface area contributed by atoms with E-state index in [1.54, 1.807) is 6.33 Å². The minimum atomic E-state index is 0.522. The fourth-order valence-electron chi connectivity index (χ4n) is 3.77. The van der Waals surface area contributed by atoms with Crippen molar-refractivity contribution >= 4 is 16.9 Å². The molecule has 0 amide bonds. The average Bonchev–Trinajstić information content (AvgIpc) is 3.40. The standard InChI is InChI=1S/C21H18N4O.2C2H6/c22-21-20-19(23-13-24-21)17-7-4-8-18(17)25(20)14-9-11-16(12-10-14)26-15-5-2-1-3-6-15;2*1-2/h1-3,5-6,9-13H,4,7-8H2,(H2,22,23,24);2*1-2H3. The lowest BCUT2D eigenvalue weighted by Crippen LogP contribution is -2.02. The Morgan fingerprint density at radius 1 is 0.833 bits per heavy atom. The zero-order chi connectivity index (χ0) is 21.5. The number of nitrogens with two attached hydrogens (primary N) is 1. The monoisotopic (exact) mass is 402 g/mol. The maximum absolute atomic E-state index is 6.19. The SMILES string of the molecule is CC.CC.Nc1ncnc2c3c(n(-c4ccc(Oc5ccccc5)cc4)c12)CCC3. The van der Waals surface area contributed by atoms with Crippen LogP contribution < -0.4 is 10.5 Å². The largest absolute Gasteiger partial charge is 0.457 e. The smallest absolute Gasteiger partial charge is 0.151 e. The molecule has 0 spiro atoms. The Hall–Kier alpha value is -3.34. The zero-order valence-electron chi connectivity index (χ0n) is 18.2. The first kappa shape index (κ1) is 21.4. The first-order valence-electron chi connectivity index (χ1n) is 10.8. The molecule has 0 radical (unpaired) electrons. The number of nitrogen functional groups attached to an aromatic ring is 1. The van der Waals surface area contributed by atoms with Gasteiger partial charge >= 0.3 is 0 Å². The van der Waals surface area contributed by atoms with Gasteiger partial charge in [0.15, 0.2) is 5.82 Å². The van der Waals surface area contributed by atoms with E-state index in [1.165, 1.54) is 11.3 Å². The number of hydrogen-bond donors (Lipinski definition) is 1. The molecule has 0 atom stereocenters. The van der Waals surface area contributed by atoms with Crippen molar-refractivity contribution in [3.05, 3.63) is 72.2 Å². The first-order valence-corrected chi connectivity index (χ1v) is 10.8. The molecule has 5 heteroatoms. The fourth-order valence-corrected chi connectivity index (χ4v) is 3.77. The van der Waals surface area contributed by atoms with Crippen LogP contribution in [0.1, 0.15) is 45.4 Å². The van der Waals surface area contributed by atoms with Crippen LogP contribution in [0.3, 0.4) is 0 Å². The predicted octanol–water partition coefficient (Wildman–Crippen LogP) is 6.34. The summed E-state index contributed by atoms with van der Waals surface area (Å²) in [4.78, 5) is 8.70. The number of aromatic nitrogens is 3. The van der Waals surface area contributed by atoms with Gasteiger partial charge in [0, 0.05) is 11.4 Å². The van der Waals surface area contributed by atoms with Crippen LogP contribution in [0.25, 0.3) is 16.7 Å². The van der Waals surface area contributed by atoms with Gasteiger partial charge in [-0.3, -0.25) is 0 Å². The van der Waals surface area contributed by atoms with Crippen LogP contribution in [0, 0.1) is 0 Å². The van der Waals surface area contributed by atoms with Crippen molar-refractivity contribution in [2.45, 2.75) is 47.0 Å². The Morgan fingerprint density at radius 3 is 2.20 bits per heavy atom. The average molecular weight is 403 g/mol. The van der Waals surface area contributed by atoms with Gasteiger partial charge < -0.3 is 15.0 Å². The van der Waals surface area contributed by atoms with Crippen LogP contribution in [-0.4, -0.2) is 14.5 Å². The number of nitrogens with zero attached hydrogens (tertiary/aromatic N) is 3. The summed E-state index contributed by atoms with van der Waals surface area (Å²) < 4.78 is 8.10. The van der Waals surface area contributed by atoms with Crippen LogP contribution >= 0.6 is 0 Å². The van der Waals surface area contributed by atoms with E-state index in [4.69, 9.17) is 10.5 Å². The minimum absolute atomic E-state index is 0.522. The highest BCUT2D eigenvalue weighted by atomic mass is 16.5. The van der Waals surface area contributed by atoms with Gasteiger partial charge in [-0.2, -0.15) is 0 Å². The number of anilines is 1. The van der Waals surface area contributed by atoms with E-state index in [0.29, 0.717) is 5.82 Å². The van der Waals surface area contributed by atoms with Crippen LogP contribution in [-0.2, 0) is 12.8 Å². The number of rotatable bonds is 3. The summed E-state index contributed by atoms with van der Waals surface area (Å²) >= 11 is 0. The molecule has 0 fully saturated rings. The van der Waals surface area contributed by atoms with E-state index >= 15 is 0 Å². The summed E-state index contributed by atoms with van der Waals surface area (Å²) in [6.45, 7) is 8.00. The molecule has 0 aliphatic heterocycles. The van der Waals surface area contributed by atoms with Gasteiger partial charge in [0.2, 0.25) is 0 Å². The lowest BCUT2D eigenvalue weighted by Gasteiger charge is -2.12. The lowest BCUT2D eigenvalue weighted by molar-refractivity contribution is 0.482. The topological polar surface area (TPSA) is 66.0 Å². The van der Waals surface area contributed by atoms with Crippen molar-refractivity contribution in [2.75, 3.05) is 5.73 Å². The number of para-hydroxylation sites is 1. The zero-order valence-corrected chi connectivity index (χ0v) is 18.2. The summed E-state index contributed by atoms with van der Waals surface area (Å²) in [7, 11) is 0. The molecule has 0 bridgehead atoms. The molecule has 2 heterocycles. The summed E-state index contributed by atoms with van der Waals surface area (Å²) in [6, 6.07) is 17.9. The highest BCUT2D eigenvalue weighted by Gasteiger charge is 2.24. The molecule has 156 valence electrons. The molecule has 4 aromatic rings. The molecule has 5 nitrogen and oxygen atoms in total. The molecule has 2 N–H and O–H groups in total. The van der Waals surface area contributed by atoms with E-state index in [9.17, 15) is 0 Å². The van der Waals surface area contributed by atoms with Gasteiger partial charge in [0.05, 0.1) is 5.52 Å². The van der Waals surface area contributed by atoms with Crippen LogP contribution in [0.2, 0.25) is 0 Å². The Kier molecular flexibility index (Phi) is 7.07. The van der Waals surface area contributed by atoms with Gasteiger partial charge in [-0.1, -0.05) is 45.9 Å². The second kappa shape index (κ2) is 9.92. The Bertz CT molecular complexity index is 1090. The van der Waals surface area contributed by atoms with Crippen molar-refractivity contribution in [3.63, 3.8) is 0 Å². The van der Waals surface area contributed by atoms with Crippen molar-refractivity contribution in [1.82, 2.24) is 14.5 Å². The second-order valence-electron chi connectivity index (χ2n) is 6.48. The quantitative estimate of drug-likeness (QED) is 0.434. The number of fused-ring (bicyclic) bond motifs is 3. The third-order valence-electron chi connectivity index (χ3n) is 4.89. The van der Waals surface area contributed by atoms with Gasteiger partial charge in [0.25, 0.3) is 0 Å². The summed E-state index contributed by atoms with van der Waals surface area (Å²) in [5.74, 6) is 2.15. The number of hydrogen-bond acceptors (Lipinski definition) is 4. The normalized spacial score (nSPS) is 11.7. The van der Waals surface area contributed by atoms with E-state index in [-0.39, 0.29) is 0 Å². The van der Waals surface area contributed by atoms with Gasteiger partial charge in [-0.15, -0.1) is 0 Å². The van der Waals surface area contributed by atoms with Crippen molar-refractivity contribution < 1.29 is 4.74 Å². The third-order valence-corrected chi connectivity index (χ3v) is 4.89. The maximum Gasteiger partial charge on any atom is 0.151 e. The molecular weight excluding hydrogens is 372 g/mol. The number of ether oxygens (including phenoxy) is 1. The molecule has 0 saturated heterocycles. The summed E-state index contributed by atoms with van der Waals surface area (Å²) in [5, 5.41) is 0. The fraction of sp³-hybridized carbons (Fsp3) is 0.280. The van der Waals surface area contributed by atoms with E-state index in [1.807, 2.05) is 70.2 Å². The Balaban J connectivity index is 0.000000606. The van der Waals surface area contributed by atoms with Gasteiger partial charge in [-0.05, 0) is 61.2 Å². The number of aryl methyl sites for hydroxylation is 1. The van der Waals surface area contributed by atoms with E-state index in [2.05, 4.69) is 26.7 Å². The van der Waals surface area contributed by atoms with Crippen LogP contribution in [0.15, 0.2) is 60.9 Å². The number of benzene rings is 2. The van der Waals surface area contributed by atoms with Crippen LogP contribution in [0.4, 0.5) is 5.82 Å². The van der Waals surface area contributed by atoms with Crippen LogP contribution in [0.5, 0.6) is 11.5 Å². The summed E-state index contributed by atoms with van der Waals surface area (Å²) in [5.41, 5.74) is 11.7. The Labute approximate surface area is 178 Å². The van der Waals surface area contributed by atoms with E-state index < -0.39 is 0 Å². The van der Waals surface area contributed by atoms with Crippen molar-refractivity contribution in [1.29, 1.82) is 0 Å². The highest BCUT2D eigenvalue weighted by molar-refractivity contribution is 5.91. The Morgan fingerprint density at radius 2 is 1.50 bits per heavy atom. The molecule has 2 aromatic carbocycles. The molecule has 0 saturated carbocycles. The van der Waals surface area contributed by atoms with E-state index in [0.717, 1.165) is 47.5 Å². The lowest BCUT2D eigenvalue weighted by atomic mass is 10.2. The summed E-state index contributed by atoms with van der Waals surface area (Å²) in [6.07, 6.45) is 4.79. The maximum atomic E-state index is 6.19. The third kappa shape index (κ3) is 4.01. The first-order chi connectivity index (χ1) is 14.8. The second-order valence-corrected chi connectivity index (χ2v) is 6.48. The van der Waals surface area contributed by atoms with Gasteiger partial charge in [-0.25, -0.2) is 9.97 Å². The molecule has 2 aromatic heterocycles. The molecule has 0 unspecified atom stereocenters. The van der Waals surface area contributed by atoms with Crippen molar-refractivity contribution in [3.8, 4) is 17.2 Å². The molecule has 1 aliphatic carbocycles. The van der Waals surface area contributed by atoms with Gasteiger partial charge in [0.1, 0.15) is 23.3 Å². The predicted molar refractivity (Wildman–Crippen MR) is 125 cm³/mol. The van der Waals surface area contributed by atoms with Crippen molar-refractivity contribution in [2.24, 2.45) is 0 Å². The molecule has 30 heavy (non-hydrogen) atoms. The molecule has 5 rings (SSSR count). The molecule has 1 aliphatic rings. The molecular formula is C25H30N4O. The highest BCUT2D eigenvalue weighted by Crippen LogP contribution is 2.36.